The molecule has 1 saturated heterocycles. The summed E-state index contributed by atoms with van der Waals surface area (Å²) in [5, 5.41) is 15.5. The molecule has 2 aliphatic rings. The highest BCUT2D eigenvalue weighted by Crippen LogP contribution is 2.23. The van der Waals surface area contributed by atoms with Crippen LogP contribution in [0.4, 0.5) is 4.79 Å². The van der Waals surface area contributed by atoms with Crippen LogP contribution in [-0.2, 0) is 36.9 Å². The first kappa shape index (κ1) is 34.7. The highest BCUT2D eigenvalue weighted by Gasteiger charge is 2.32. The average molecular weight is 634 g/mol. The summed E-state index contributed by atoms with van der Waals surface area (Å²) in [6, 6.07) is 18.6. The van der Waals surface area contributed by atoms with Gasteiger partial charge in [0.25, 0.3) is 0 Å². The van der Waals surface area contributed by atoms with Crippen molar-refractivity contribution in [2.24, 2.45) is 11.8 Å². The zero-order chi connectivity index (χ0) is 32.6. The van der Waals surface area contributed by atoms with Crippen LogP contribution in [0, 0.1) is 11.8 Å². The van der Waals surface area contributed by atoms with Crippen LogP contribution < -0.4 is 10.6 Å². The molecule has 0 aliphatic carbocycles. The maximum atomic E-state index is 13.5. The fourth-order valence-electron chi connectivity index (χ4n) is 5.94. The Kier molecular flexibility index (Phi) is 14.1. The molecule has 10 heteroatoms. The number of nitrogens with zero attached hydrogens (tertiary/aromatic N) is 1. The molecule has 3 N–H and O–H groups in total. The van der Waals surface area contributed by atoms with Gasteiger partial charge in [0.05, 0.1) is 30.5 Å². The lowest BCUT2D eigenvalue weighted by atomic mass is 9.94. The highest BCUT2D eigenvalue weighted by atomic mass is 16.5. The van der Waals surface area contributed by atoms with E-state index in [1.165, 1.54) is 0 Å². The molecular weight excluding hydrogens is 586 g/mol. The molecule has 0 aromatic heterocycles. The second-order valence-electron chi connectivity index (χ2n) is 12.1. The number of ether oxygens (including phenoxy) is 2. The zero-order valence-electron chi connectivity index (χ0n) is 26.5. The summed E-state index contributed by atoms with van der Waals surface area (Å²) in [4.78, 5) is 53.7. The molecule has 1 fully saturated rings. The number of hydrogen-bond acceptors (Lipinski definition) is 7. The minimum Gasteiger partial charge on any atom is -0.463 e. The molecule has 46 heavy (non-hydrogen) atoms. The molecule has 4 rings (SSSR count). The van der Waals surface area contributed by atoms with E-state index in [0.717, 1.165) is 24.0 Å². The van der Waals surface area contributed by atoms with E-state index in [1.807, 2.05) is 72.8 Å². The molecule has 2 aliphatic heterocycles. The maximum Gasteiger partial charge on any atom is 0.407 e. The maximum absolute atomic E-state index is 13.5. The monoisotopic (exact) mass is 633 g/mol. The standard InChI is InChI=1S/C36H47N3O7/c40-24-32-19-11-21-39(32)33(41)23-29-16-7-8-17-30(22-27-12-3-1-4-13-27)35(43)45-26-31(38-34(29)42)18-9-10-20-37-36(44)46-25-28-14-5-2-6-15-28/h1-8,12-15,29-32,40H,9-11,16-26H2,(H,37,44)(H,38,42)/t29-,30+,31+,32+/m1/s1. The lowest BCUT2D eigenvalue weighted by molar-refractivity contribution is -0.150. The van der Waals surface area contributed by atoms with Crippen LogP contribution in [0.2, 0.25) is 0 Å². The fraction of sp³-hybridized carbons (Fsp3) is 0.500. The number of carbonyl (C=O) groups is 4. The molecule has 0 radical (unpaired) electrons. The minimum atomic E-state index is -0.588. The minimum absolute atomic E-state index is 0.0193. The summed E-state index contributed by atoms with van der Waals surface area (Å²) in [5.41, 5.74) is 1.94. The number of benzene rings is 2. The van der Waals surface area contributed by atoms with Gasteiger partial charge in [0.1, 0.15) is 13.2 Å². The molecule has 2 aromatic rings. The van der Waals surface area contributed by atoms with Crippen molar-refractivity contribution in [1.29, 1.82) is 0 Å². The Morgan fingerprint density at radius 1 is 0.957 bits per heavy atom. The number of aliphatic hydroxyl groups excluding tert-OH is 1. The summed E-state index contributed by atoms with van der Waals surface area (Å²) in [6.07, 6.45) is 8.12. The number of unbranched alkanes of at least 4 members (excludes halogenated alkanes) is 1. The molecule has 0 unspecified atom stereocenters. The number of alkyl carbamates (subject to hydrolysis) is 1. The van der Waals surface area contributed by atoms with Gasteiger partial charge in [-0.3, -0.25) is 14.4 Å². The predicted octanol–water partition coefficient (Wildman–Crippen LogP) is 4.31. The van der Waals surface area contributed by atoms with Crippen LogP contribution >= 0.6 is 0 Å². The number of allylic oxidation sites excluding steroid dienone is 2. The Hall–Kier alpha value is -4.18. The van der Waals surface area contributed by atoms with E-state index in [0.29, 0.717) is 51.6 Å². The van der Waals surface area contributed by atoms with E-state index in [-0.39, 0.29) is 56.0 Å². The van der Waals surface area contributed by atoms with Gasteiger partial charge in [-0.1, -0.05) is 72.8 Å². The molecule has 2 aromatic carbocycles. The lowest BCUT2D eigenvalue weighted by Gasteiger charge is -2.27. The van der Waals surface area contributed by atoms with Gasteiger partial charge in [0.15, 0.2) is 0 Å². The number of likely N-dealkylation sites (tertiary alicyclic amines) is 1. The molecule has 3 amide bonds. The molecule has 2 heterocycles. The second kappa shape index (κ2) is 18.7. The Labute approximate surface area is 271 Å². The van der Waals surface area contributed by atoms with Crippen LogP contribution in [0.5, 0.6) is 0 Å². The van der Waals surface area contributed by atoms with Gasteiger partial charge in [-0.05, 0) is 62.5 Å². The number of cyclic esters (lactones) is 1. The van der Waals surface area contributed by atoms with E-state index < -0.39 is 18.1 Å². The first-order chi connectivity index (χ1) is 22.4. The first-order valence-electron chi connectivity index (χ1n) is 16.4. The smallest absolute Gasteiger partial charge is 0.407 e. The van der Waals surface area contributed by atoms with Crippen LogP contribution in [0.1, 0.15) is 62.5 Å². The SMILES string of the molecule is O=C(NCCCC[C@H]1COC(=O)[C@H](Cc2ccccc2)CC=CC[C@H](CC(=O)N2CCC[C@H]2CO)C(=O)N1)OCc1ccccc1. The molecule has 10 nitrogen and oxygen atoms in total. The van der Waals surface area contributed by atoms with Crippen LogP contribution in [-0.4, -0.2) is 72.3 Å². The first-order valence-corrected chi connectivity index (χ1v) is 16.4. The molecule has 248 valence electrons. The summed E-state index contributed by atoms with van der Waals surface area (Å²) >= 11 is 0. The van der Waals surface area contributed by atoms with Crippen molar-refractivity contribution >= 4 is 23.9 Å². The quantitative estimate of drug-likeness (QED) is 0.180. The number of nitrogens with one attached hydrogen (secondary N) is 2. The van der Waals surface area contributed by atoms with Crippen molar-refractivity contribution in [3.63, 3.8) is 0 Å². The number of aliphatic hydroxyl groups is 1. The van der Waals surface area contributed by atoms with E-state index in [2.05, 4.69) is 10.6 Å². The summed E-state index contributed by atoms with van der Waals surface area (Å²) in [7, 11) is 0. The third-order valence-corrected chi connectivity index (χ3v) is 8.60. The van der Waals surface area contributed by atoms with Gasteiger partial charge in [-0.2, -0.15) is 0 Å². The van der Waals surface area contributed by atoms with Gasteiger partial charge >= 0.3 is 12.1 Å². The van der Waals surface area contributed by atoms with Gasteiger partial charge in [0.2, 0.25) is 11.8 Å². The van der Waals surface area contributed by atoms with Gasteiger partial charge < -0.3 is 30.1 Å². The topological polar surface area (TPSA) is 134 Å². The Morgan fingerprint density at radius 3 is 2.37 bits per heavy atom. The third kappa shape index (κ3) is 11.3. The normalized spacial score (nSPS) is 22.2. The highest BCUT2D eigenvalue weighted by molar-refractivity contribution is 5.86. The molecule has 0 bridgehead atoms. The molecular formula is C36H47N3O7. The van der Waals surface area contributed by atoms with Gasteiger partial charge in [0, 0.05) is 19.5 Å². The predicted molar refractivity (Wildman–Crippen MR) is 173 cm³/mol. The largest absolute Gasteiger partial charge is 0.463 e. The zero-order valence-corrected chi connectivity index (χ0v) is 26.5. The molecule has 0 spiro atoms. The molecule has 4 atom stereocenters. The molecule has 0 saturated carbocycles. The van der Waals surface area contributed by atoms with E-state index in [1.54, 1.807) is 4.90 Å². The number of rotatable bonds is 12. The fourth-order valence-corrected chi connectivity index (χ4v) is 5.94. The summed E-state index contributed by atoms with van der Waals surface area (Å²) in [5.74, 6) is -1.67. The van der Waals surface area contributed by atoms with Crippen molar-refractivity contribution in [1.82, 2.24) is 15.5 Å². The average Bonchev–Trinajstić information content (AvgIpc) is 3.56. The summed E-state index contributed by atoms with van der Waals surface area (Å²) in [6.45, 7) is 1.11. The van der Waals surface area contributed by atoms with Crippen LogP contribution in [0.25, 0.3) is 0 Å². The Balaban J connectivity index is 1.35. The van der Waals surface area contributed by atoms with Crippen molar-refractivity contribution in [3.05, 3.63) is 83.9 Å². The van der Waals surface area contributed by atoms with E-state index >= 15 is 0 Å². The number of amides is 3. The van der Waals surface area contributed by atoms with Crippen molar-refractivity contribution < 1.29 is 33.8 Å². The van der Waals surface area contributed by atoms with Crippen LogP contribution in [0.3, 0.4) is 0 Å². The number of hydrogen-bond donors (Lipinski definition) is 3. The van der Waals surface area contributed by atoms with E-state index in [9.17, 15) is 24.3 Å². The van der Waals surface area contributed by atoms with E-state index in [4.69, 9.17) is 9.47 Å². The van der Waals surface area contributed by atoms with Crippen molar-refractivity contribution in [3.8, 4) is 0 Å². The Bertz CT molecular complexity index is 1290. The second-order valence-corrected chi connectivity index (χ2v) is 12.1. The number of carbonyl (C=O) groups excluding carboxylic acids is 4. The van der Waals surface area contributed by atoms with Gasteiger partial charge in [-0.25, -0.2) is 4.79 Å². The Morgan fingerprint density at radius 2 is 1.65 bits per heavy atom. The lowest BCUT2D eigenvalue weighted by Crippen LogP contribution is -2.45. The summed E-state index contributed by atoms with van der Waals surface area (Å²) < 4.78 is 11.0. The van der Waals surface area contributed by atoms with Crippen molar-refractivity contribution in [2.45, 2.75) is 76.5 Å². The van der Waals surface area contributed by atoms with Crippen LogP contribution in [0.15, 0.2) is 72.8 Å². The van der Waals surface area contributed by atoms with Crippen molar-refractivity contribution in [2.75, 3.05) is 26.3 Å². The van der Waals surface area contributed by atoms with Gasteiger partial charge in [-0.15, -0.1) is 0 Å². The third-order valence-electron chi connectivity index (χ3n) is 8.60. The number of esters is 1.